The summed E-state index contributed by atoms with van der Waals surface area (Å²) in [5.41, 5.74) is 9.97. The maximum Gasteiger partial charge on any atom is 0.292 e. The number of rotatable bonds is 10. The second-order valence-corrected chi connectivity index (χ2v) is 7.23. The van der Waals surface area contributed by atoms with Crippen LogP contribution in [-0.4, -0.2) is 60.6 Å². The Hall–Kier alpha value is -3.19. The minimum Gasteiger partial charge on any atom is -0.424 e. The number of aldehydes is 1. The zero-order chi connectivity index (χ0) is 21.5. The quantitative estimate of drug-likeness (QED) is 0.308. The van der Waals surface area contributed by atoms with E-state index in [1.807, 2.05) is 43.4 Å². The molecule has 1 aromatic heterocycles. The van der Waals surface area contributed by atoms with Crippen LogP contribution in [0.1, 0.15) is 30.6 Å². The van der Waals surface area contributed by atoms with Gasteiger partial charge in [0.15, 0.2) is 11.9 Å². The van der Waals surface area contributed by atoms with Gasteiger partial charge in [0.1, 0.15) is 5.52 Å². The molecule has 2 N–H and O–H groups in total. The standard InChI is InChI=1S/C23H29N5O2/c1-4-28(5-2)12-6-11-27(3)16-25-20-9-7-17(13-19(20)15-29)18-8-10-22-21(14-18)26-23(24)30-22/h7-10,13-16H,4-6,11-12H2,1-3H3,(H2,24,26). The van der Waals surface area contributed by atoms with Gasteiger partial charge in [0.05, 0.1) is 12.0 Å². The summed E-state index contributed by atoms with van der Waals surface area (Å²) >= 11 is 0. The molecule has 0 bridgehead atoms. The zero-order valence-electron chi connectivity index (χ0n) is 17.8. The number of oxazole rings is 1. The van der Waals surface area contributed by atoms with Crippen LogP contribution in [0, 0.1) is 0 Å². The predicted molar refractivity (Wildman–Crippen MR) is 122 cm³/mol. The first-order chi connectivity index (χ1) is 14.5. The van der Waals surface area contributed by atoms with E-state index in [1.54, 1.807) is 6.34 Å². The van der Waals surface area contributed by atoms with Crippen LogP contribution in [0.15, 0.2) is 45.8 Å². The Morgan fingerprint density at radius 3 is 2.57 bits per heavy atom. The Balaban J connectivity index is 1.70. The summed E-state index contributed by atoms with van der Waals surface area (Å²) < 4.78 is 5.31. The van der Waals surface area contributed by atoms with Crippen LogP contribution >= 0.6 is 0 Å². The Labute approximate surface area is 177 Å². The van der Waals surface area contributed by atoms with Gasteiger partial charge in [-0.1, -0.05) is 26.0 Å². The molecular weight excluding hydrogens is 378 g/mol. The SMILES string of the molecule is CCN(CC)CCCN(C)C=Nc1ccc(-c2ccc3oc(N)nc3c2)cc1C=O. The highest BCUT2D eigenvalue weighted by atomic mass is 16.4. The number of fused-ring (bicyclic) bond motifs is 1. The Morgan fingerprint density at radius 2 is 1.83 bits per heavy atom. The molecule has 0 aliphatic rings. The van der Waals surface area contributed by atoms with E-state index in [0.29, 0.717) is 22.4 Å². The van der Waals surface area contributed by atoms with Crippen LogP contribution in [0.3, 0.4) is 0 Å². The Bertz CT molecular complexity index is 1020. The minimum atomic E-state index is 0.140. The lowest BCUT2D eigenvalue weighted by atomic mass is 10.0. The van der Waals surface area contributed by atoms with Crippen molar-refractivity contribution in [3.05, 3.63) is 42.0 Å². The lowest BCUT2D eigenvalue weighted by molar-refractivity contribution is 0.112. The molecule has 3 aromatic rings. The van der Waals surface area contributed by atoms with E-state index in [4.69, 9.17) is 10.2 Å². The van der Waals surface area contributed by atoms with E-state index in [1.165, 1.54) is 0 Å². The highest BCUT2D eigenvalue weighted by molar-refractivity contribution is 5.88. The average Bonchev–Trinajstić information content (AvgIpc) is 3.14. The third kappa shape index (κ3) is 5.24. The van der Waals surface area contributed by atoms with Gasteiger partial charge in [-0.05, 0) is 61.4 Å². The summed E-state index contributed by atoms with van der Waals surface area (Å²) in [4.78, 5) is 24.8. The molecule has 7 nitrogen and oxygen atoms in total. The number of nitrogens with two attached hydrogens (primary N) is 1. The van der Waals surface area contributed by atoms with Crippen molar-refractivity contribution in [2.24, 2.45) is 4.99 Å². The molecule has 0 saturated carbocycles. The molecule has 2 aromatic carbocycles. The Morgan fingerprint density at radius 1 is 1.10 bits per heavy atom. The van der Waals surface area contributed by atoms with E-state index >= 15 is 0 Å². The second kappa shape index (κ2) is 10.0. The number of nitrogens with zero attached hydrogens (tertiary/aromatic N) is 4. The highest BCUT2D eigenvalue weighted by Gasteiger charge is 2.08. The van der Waals surface area contributed by atoms with E-state index in [2.05, 4.69) is 33.6 Å². The summed E-state index contributed by atoms with van der Waals surface area (Å²) in [7, 11) is 2.00. The van der Waals surface area contributed by atoms with Crippen molar-refractivity contribution < 1.29 is 9.21 Å². The van der Waals surface area contributed by atoms with Crippen LogP contribution in [0.2, 0.25) is 0 Å². The molecule has 0 unspecified atom stereocenters. The Kier molecular flexibility index (Phi) is 7.19. The predicted octanol–water partition coefficient (Wildman–Crippen LogP) is 4.21. The van der Waals surface area contributed by atoms with E-state index in [9.17, 15) is 4.79 Å². The van der Waals surface area contributed by atoms with Gasteiger partial charge in [-0.15, -0.1) is 0 Å². The number of anilines is 1. The van der Waals surface area contributed by atoms with Gasteiger partial charge in [-0.2, -0.15) is 4.98 Å². The summed E-state index contributed by atoms with van der Waals surface area (Å²) in [5.74, 6) is 0. The molecule has 30 heavy (non-hydrogen) atoms. The van der Waals surface area contributed by atoms with Crippen LogP contribution in [0.5, 0.6) is 0 Å². The second-order valence-electron chi connectivity index (χ2n) is 7.23. The number of aromatic nitrogens is 1. The molecule has 0 aliphatic carbocycles. The number of benzene rings is 2. The number of hydrogen-bond acceptors (Lipinski definition) is 6. The summed E-state index contributed by atoms with van der Waals surface area (Å²) in [6, 6.07) is 11.4. The first kappa shape index (κ1) is 21.5. The fourth-order valence-corrected chi connectivity index (χ4v) is 3.37. The fraction of sp³-hybridized carbons (Fsp3) is 0.348. The molecule has 0 saturated heterocycles. The van der Waals surface area contributed by atoms with E-state index in [-0.39, 0.29) is 6.01 Å². The van der Waals surface area contributed by atoms with Gasteiger partial charge in [-0.25, -0.2) is 4.99 Å². The number of aliphatic imine (C=N–C) groups is 1. The van der Waals surface area contributed by atoms with E-state index < -0.39 is 0 Å². The molecule has 158 valence electrons. The van der Waals surface area contributed by atoms with Crippen molar-refractivity contribution in [2.45, 2.75) is 20.3 Å². The normalized spacial score (nSPS) is 11.6. The molecule has 0 fully saturated rings. The third-order valence-corrected chi connectivity index (χ3v) is 5.17. The topological polar surface area (TPSA) is 88.0 Å². The smallest absolute Gasteiger partial charge is 0.292 e. The number of carbonyl (C=O) groups is 1. The molecule has 0 amide bonds. The summed E-state index contributed by atoms with van der Waals surface area (Å²) in [5, 5.41) is 0. The number of nitrogen functional groups attached to an aromatic ring is 1. The van der Waals surface area contributed by atoms with Crippen LogP contribution < -0.4 is 5.73 Å². The molecule has 0 atom stereocenters. The van der Waals surface area contributed by atoms with Gasteiger partial charge >= 0.3 is 0 Å². The van der Waals surface area contributed by atoms with Crippen LogP contribution in [-0.2, 0) is 0 Å². The largest absolute Gasteiger partial charge is 0.424 e. The summed E-state index contributed by atoms with van der Waals surface area (Å²) in [6.45, 7) is 8.48. The average molecular weight is 408 g/mol. The molecule has 0 spiro atoms. The van der Waals surface area contributed by atoms with Crippen molar-refractivity contribution in [3.63, 3.8) is 0 Å². The first-order valence-corrected chi connectivity index (χ1v) is 10.3. The molecule has 0 radical (unpaired) electrons. The highest BCUT2D eigenvalue weighted by Crippen LogP contribution is 2.29. The lowest BCUT2D eigenvalue weighted by Gasteiger charge is -2.20. The summed E-state index contributed by atoms with van der Waals surface area (Å²) in [6.07, 6.45) is 3.69. The van der Waals surface area contributed by atoms with Crippen molar-refractivity contribution >= 4 is 35.4 Å². The maximum absolute atomic E-state index is 11.6. The van der Waals surface area contributed by atoms with Gasteiger partial charge in [0, 0.05) is 19.2 Å². The molecule has 1 heterocycles. The first-order valence-electron chi connectivity index (χ1n) is 10.3. The van der Waals surface area contributed by atoms with Crippen LogP contribution in [0.25, 0.3) is 22.2 Å². The molecule has 3 rings (SSSR count). The van der Waals surface area contributed by atoms with Gasteiger partial charge in [0.2, 0.25) is 0 Å². The van der Waals surface area contributed by atoms with Gasteiger partial charge in [-0.3, -0.25) is 4.79 Å². The monoisotopic (exact) mass is 407 g/mol. The van der Waals surface area contributed by atoms with Gasteiger partial charge in [0.25, 0.3) is 6.01 Å². The maximum atomic E-state index is 11.6. The zero-order valence-corrected chi connectivity index (χ0v) is 17.8. The molecule has 7 heteroatoms. The minimum absolute atomic E-state index is 0.140. The van der Waals surface area contributed by atoms with E-state index in [0.717, 1.165) is 50.0 Å². The van der Waals surface area contributed by atoms with Crippen molar-refractivity contribution in [1.82, 2.24) is 14.8 Å². The van der Waals surface area contributed by atoms with Crippen molar-refractivity contribution in [2.75, 3.05) is 39.0 Å². The number of carbonyl (C=O) groups excluding carboxylic acids is 1. The van der Waals surface area contributed by atoms with Crippen molar-refractivity contribution in [1.29, 1.82) is 0 Å². The molecule has 0 aliphatic heterocycles. The van der Waals surface area contributed by atoms with Crippen LogP contribution in [0.4, 0.5) is 11.7 Å². The third-order valence-electron chi connectivity index (χ3n) is 5.17. The van der Waals surface area contributed by atoms with Gasteiger partial charge < -0.3 is 20.0 Å². The fourth-order valence-electron chi connectivity index (χ4n) is 3.37. The molecular formula is C23H29N5O2. The van der Waals surface area contributed by atoms with Crippen molar-refractivity contribution in [3.8, 4) is 11.1 Å². The lowest BCUT2D eigenvalue weighted by Crippen LogP contribution is -2.27. The number of hydrogen-bond donors (Lipinski definition) is 1.